The maximum atomic E-state index is 14.7. The van der Waals surface area contributed by atoms with Crippen LogP contribution in [0.25, 0.3) is 11.3 Å². The van der Waals surface area contributed by atoms with E-state index < -0.39 is 58.7 Å². The molecular formula is C49H65N7O7. The van der Waals surface area contributed by atoms with Gasteiger partial charge in [0.25, 0.3) is 0 Å². The van der Waals surface area contributed by atoms with Crippen LogP contribution in [0.4, 0.5) is 9.59 Å². The maximum Gasteiger partial charge on any atom is 0.407 e. The predicted molar refractivity (Wildman–Crippen MR) is 242 cm³/mol. The fourth-order valence-corrected chi connectivity index (χ4v) is 7.92. The van der Waals surface area contributed by atoms with Crippen LogP contribution in [-0.2, 0) is 39.3 Å². The van der Waals surface area contributed by atoms with Gasteiger partial charge in [0.1, 0.15) is 17.7 Å². The van der Waals surface area contributed by atoms with Crippen molar-refractivity contribution in [3.8, 4) is 11.3 Å². The molecule has 5 atom stereocenters. The lowest BCUT2D eigenvalue weighted by Crippen LogP contribution is -2.59. The number of hydrogen-bond donors (Lipinski definition) is 5. The van der Waals surface area contributed by atoms with Crippen LogP contribution in [0.5, 0.6) is 0 Å². The highest BCUT2D eigenvalue weighted by atomic mass is 16.5. The number of alkyl carbamates (subject to hydrolysis) is 1. The standard InChI is InChI=1S/C49H65N7O7/c1-47(2,3)41(54-45(60)63-9)43(58)53-38(29-33-21-23-34(24-22-33)37-19-13-14-25-50-37)39(57)30-36(28-32-16-11-10-12-17-32)52-44(59)42(48(4,5)6)56-27-26-55(46(56)61)31-35-18-15-20-40(51-35)49(7,8)62/h10-25,36,38-39,41-42,57,62H,26-31H2,1-9H3,(H,52,59)(H,53,58)(H,54,60)/t36-,38-,39-,41+,42+/m0/s1. The molecule has 4 aromatic rings. The van der Waals surface area contributed by atoms with Gasteiger partial charge >= 0.3 is 12.1 Å². The summed E-state index contributed by atoms with van der Waals surface area (Å²) in [5.41, 5.74) is 2.04. The molecule has 14 heteroatoms. The number of benzene rings is 2. The molecule has 1 fully saturated rings. The van der Waals surface area contributed by atoms with Crippen LogP contribution in [-0.4, -0.2) is 104 Å². The maximum absolute atomic E-state index is 14.7. The molecule has 1 aliphatic rings. The van der Waals surface area contributed by atoms with Gasteiger partial charge in [-0.3, -0.25) is 19.6 Å². The third kappa shape index (κ3) is 13.3. The Morgan fingerprint density at radius 2 is 1.43 bits per heavy atom. The fourth-order valence-electron chi connectivity index (χ4n) is 7.92. The predicted octanol–water partition coefficient (Wildman–Crippen LogP) is 6.00. The molecule has 0 radical (unpaired) electrons. The first-order valence-corrected chi connectivity index (χ1v) is 21.6. The molecule has 5 N–H and O–H groups in total. The summed E-state index contributed by atoms with van der Waals surface area (Å²) in [5.74, 6) is -0.869. The van der Waals surface area contributed by atoms with Crippen LogP contribution >= 0.6 is 0 Å². The van der Waals surface area contributed by atoms with Crippen molar-refractivity contribution in [2.45, 2.75) is 117 Å². The molecule has 1 aliphatic heterocycles. The monoisotopic (exact) mass is 863 g/mol. The van der Waals surface area contributed by atoms with Crippen LogP contribution in [0.15, 0.2) is 97.2 Å². The molecule has 338 valence electrons. The van der Waals surface area contributed by atoms with E-state index in [1.165, 1.54) is 7.11 Å². The van der Waals surface area contributed by atoms with Gasteiger partial charge in [-0.05, 0) is 79.3 Å². The highest BCUT2D eigenvalue weighted by Gasteiger charge is 2.44. The molecule has 0 unspecified atom stereocenters. The molecule has 0 aliphatic carbocycles. The van der Waals surface area contributed by atoms with Gasteiger partial charge in [-0.25, -0.2) is 9.59 Å². The van der Waals surface area contributed by atoms with Gasteiger partial charge < -0.3 is 40.7 Å². The van der Waals surface area contributed by atoms with Crippen LogP contribution in [0, 0.1) is 10.8 Å². The van der Waals surface area contributed by atoms with Gasteiger partial charge in [0, 0.05) is 30.9 Å². The van der Waals surface area contributed by atoms with Gasteiger partial charge in [0.2, 0.25) is 11.8 Å². The summed E-state index contributed by atoms with van der Waals surface area (Å²) in [6, 6.07) is 24.7. The highest BCUT2D eigenvalue weighted by molar-refractivity contribution is 5.89. The Labute approximate surface area is 371 Å². The first-order chi connectivity index (χ1) is 29.6. The van der Waals surface area contributed by atoms with Crippen LogP contribution in [0.2, 0.25) is 0 Å². The van der Waals surface area contributed by atoms with E-state index >= 15 is 0 Å². The number of aromatic nitrogens is 2. The highest BCUT2D eigenvalue weighted by Crippen LogP contribution is 2.30. The number of carbonyl (C=O) groups excluding carboxylic acids is 4. The van der Waals surface area contributed by atoms with E-state index in [0.29, 0.717) is 30.9 Å². The van der Waals surface area contributed by atoms with E-state index in [-0.39, 0.29) is 31.3 Å². The molecule has 63 heavy (non-hydrogen) atoms. The number of carbonyl (C=O) groups is 4. The van der Waals surface area contributed by atoms with Gasteiger partial charge in [-0.2, -0.15) is 0 Å². The average Bonchev–Trinajstić information content (AvgIpc) is 3.56. The van der Waals surface area contributed by atoms with Crippen molar-refractivity contribution >= 4 is 23.9 Å². The van der Waals surface area contributed by atoms with Crippen LogP contribution < -0.4 is 16.0 Å². The van der Waals surface area contributed by atoms with Crippen molar-refractivity contribution in [1.29, 1.82) is 0 Å². The van der Waals surface area contributed by atoms with Crippen LogP contribution in [0.3, 0.4) is 0 Å². The fraction of sp³-hybridized carbons (Fsp3) is 0.469. The summed E-state index contributed by atoms with van der Waals surface area (Å²) in [6.07, 6.45) is 0.417. The van der Waals surface area contributed by atoms with Crippen molar-refractivity contribution in [3.05, 3.63) is 120 Å². The largest absolute Gasteiger partial charge is 0.453 e. The molecule has 0 spiro atoms. The minimum absolute atomic E-state index is 0.0440. The topological polar surface area (TPSA) is 186 Å². The Hall–Kier alpha value is -5.86. The van der Waals surface area contributed by atoms with Crippen molar-refractivity contribution in [1.82, 2.24) is 35.7 Å². The summed E-state index contributed by atoms with van der Waals surface area (Å²) in [6.45, 7) is 15.4. The lowest BCUT2D eigenvalue weighted by atomic mass is 9.84. The van der Waals surface area contributed by atoms with E-state index in [0.717, 1.165) is 22.4 Å². The smallest absolute Gasteiger partial charge is 0.407 e. The summed E-state index contributed by atoms with van der Waals surface area (Å²) in [5, 5.41) is 31.7. The molecule has 5 rings (SSSR count). The summed E-state index contributed by atoms with van der Waals surface area (Å²) < 4.78 is 4.84. The summed E-state index contributed by atoms with van der Waals surface area (Å²) in [4.78, 5) is 67.6. The lowest BCUT2D eigenvalue weighted by Gasteiger charge is -2.38. The normalized spacial score (nSPS) is 15.8. The zero-order chi connectivity index (χ0) is 46.1. The van der Waals surface area contributed by atoms with Gasteiger partial charge in [-0.15, -0.1) is 0 Å². The number of aliphatic hydroxyl groups excluding tert-OH is 1. The Morgan fingerprint density at radius 1 is 0.762 bits per heavy atom. The minimum Gasteiger partial charge on any atom is -0.453 e. The average molecular weight is 864 g/mol. The number of nitrogens with zero attached hydrogens (tertiary/aromatic N) is 4. The number of pyridine rings is 2. The third-order valence-electron chi connectivity index (χ3n) is 11.2. The summed E-state index contributed by atoms with van der Waals surface area (Å²) in [7, 11) is 1.23. The van der Waals surface area contributed by atoms with Crippen molar-refractivity contribution < 1.29 is 34.1 Å². The minimum atomic E-state index is -1.18. The molecule has 14 nitrogen and oxygen atoms in total. The number of urea groups is 1. The molecule has 0 bridgehead atoms. The van der Waals surface area contributed by atoms with E-state index in [1.807, 2.05) is 120 Å². The van der Waals surface area contributed by atoms with Gasteiger partial charge in [0.15, 0.2) is 0 Å². The van der Waals surface area contributed by atoms with Gasteiger partial charge in [0.05, 0.1) is 42.9 Å². The molecular weight excluding hydrogens is 799 g/mol. The summed E-state index contributed by atoms with van der Waals surface area (Å²) >= 11 is 0. The Balaban J connectivity index is 1.41. The van der Waals surface area contributed by atoms with Gasteiger partial charge in [-0.1, -0.05) is 108 Å². The van der Waals surface area contributed by atoms with Crippen molar-refractivity contribution in [2.24, 2.45) is 10.8 Å². The second-order valence-corrected chi connectivity index (χ2v) is 19.1. The third-order valence-corrected chi connectivity index (χ3v) is 11.2. The van der Waals surface area contributed by atoms with E-state index in [1.54, 1.807) is 42.0 Å². The molecule has 2 aromatic heterocycles. The number of amides is 5. The molecule has 3 heterocycles. The van der Waals surface area contributed by atoms with Crippen molar-refractivity contribution in [3.63, 3.8) is 0 Å². The second-order valence-electron chi connectivity index (χ2n) is 19.1. The SMILES string of the molecule is COC(=O)N[C@H](C(=O)N[C@@H](Cc1ccc(-c2ccccn2)cc1)[C@@H](O)C[C@H](Cc1ccccc1)NC(=O)[C@@H](N1CCN(Cc2cccc(C(C)(C)O)n2)C1=O)C(C)(C)C)C(C)(C)C. The second kappa shape index (κ2) is 20.5. The number of nitrogens with one attached hydrogen (secondary N) is 3. The molecule has 0 saturated carbocycles. The first-order valence-electron chi connectivity index (χ1n) is 21.6. The van der Waals surface area contributed by atoms with Crippen LogP contribution in [0.1, 0.15) is 84.3 Å². The zero-order valence-electron chi connectivity index (χ0n) is 38.1. The number of hydrogen-bond acceptors (Lipinski definition) is 9. The van der Waals surface area contributed by atoms with E-state index in [4.69, 9.17) is 4.74 Å². The van der Waals surface area contributed by atoms with E-state index in [2.05, 4.69) is 25.9 Å². The lowest BCUT2D eigenvalue weighted by molar-refractivity contribution is -0.130. The molecule has 1 saturated heterocycles. The number of methoxy groups -OCH3 is 1. The Bertz CT molecular complexity index is 2150. The quantitative estimate of drug-likeness (QED) is 0.0850. The number of ether oxygens (including phenoxy) is 1. The Kier molecular flexibility index (Phi) is 15.7. The number of rotatable bonds is 17. The zero-order valence-corrected chi connectivity index (χ0v) is 38.1. The Morgan fingerprint density at radius 3 is 2.03 bits per heavy atom. The van der Waals surface area contributed by atoms with Crippen molar-refractivity contribution in [2.75, 3.05) is 20.2 Å². The molecule has 2 aromatic carbocycles. The number of aliphatic hydroxyl groups is 2. The van der Waals surface area contributed by atoms with E-state index in [9.17, 15) is 29.4 Å². The molecule has 5 amide bonds. The first kappa shape index (κ1) is 48.2.